The van der Waals surface area contributed by atoms with Gasteiger partial charge in [0.15, 0.2) is 0 Å². The average molecular weight is 251 g/mol. The Labute approximate surface area is 108 Å². The van der Waals surface area contributed by atoms with E-state index in [1.807, 2.05) is 12.1 Å². The summed E-state index contributed by atoms with van der Waals surface area (Å²) < 4.78 is 5.10. The van der Waals surface area contributed by atoms with Crippen molar-refractivity contribution >= 4 is 6.09 Å². The molecule has 18 heavy (non-hydrogen) atoms. The first kappa shape index (κ1) is 14.5. The molecule has 0 saturated heterocycles. The minimum absolute atomic E-state index is 0.0561. The molecular formula is C14H21NO3. The van der Waals surface area contributed by atoms with Gasteiger partial charge in [-0.1, -0.05) is 32.9 Å². The Morgan fingerprint density at radius 1 is 1.28 bits per heavy atom. The molecule has 0 heterocycles. The Morgan fingerprint density at radius 2 is 1.89 bits per heavy atom. The molecule has 0 bridgehead atoms. The van der Waals surface area contributed by atoms with E-state index in [0.717, 1.165) is 0 Å². The highest BCUT2D eigenvalue weighted by Crippen LogP contribution is 2.24. The zero-order chi connectivity index (χ0) is 13.6. The van der Waals surface area contributed by atoms with E-state index in [4.69, 9.17) is 9.84 Å². The summed E-state index contributed by atoms with van der Waals surface area (Å²) in [4.78, 5) is 11.4. The van der Waals surface area contributed by atoms with Crippen LogP contribution < -0.4 is 10.1 Å². The molecule has 0 spiro atoms. The lowest BCUT2D eigenvalue weighted by Gasteiger charge is -2.19. The molecule has 0 radical (unpaired) electrons. The van der Waals surface area contributed by atoms with Gasteiger partial charge in [-0.15, -0.1) is 0 Å². The van der Waals surface area contributed by atoms with Crippen molar-refractivity contribution < 1.29 is 14.6 Å². The Kier molecular flexibility index (Phi) is 5.16. The second-order valence-corrected chi connectivity index (χ2v) is 5.17. The molecule has 0 aliphatic heterocycles. The number of amides is 1. The predicted octanol–water partition coefficient (Wildman–Crippen LogP) is 2.45. The lowest BCUT2D eigenvalue weighted by Crippen LogP contribution is -2.28. The molecule has 0 aromatic heterocycles. The van der Waals surface area contributed by atoms with Crippen LogP contribution in [-0.4, -0.2) is 24.4 Å². The molecule has 1 rings (SSSR count). The molecule has 100 valence electrons. The van der Waals surface area contributed by atoms with Crippen molar-refractivity contribution in [2.45, 2.75) is 32.6 Å². The van der Waals surface area contributed by atoms with E-state index in [1.165, 1.54) is 5.56 Å². The first-order chi connectivity index (χ1) is 8.43. The van der Waals surface area contributed by atoms with Crippen molar-refractivity contribution in [3.05, 3.63) is 29.8 Å². The summed E-state index contributed by atoms with van der Waals surface area (Å²) in [6.45, 7) is 6.86. The maximum absolute atomic E-state index is 11.4. The quantitative estimate of drug-likeness (QED) is 0.808. The second-order valence-electron chi connectivity index (χ2n) is 5.17. The first-order valence-electron chi connectivity index (χ1n) is 6.10. The highest BCUT2D eigenvalue weighted by molar-refractivity contribution is 5.70. The van der Waals surface area contributed by atoms with E-state index in [1.54, 1.807) is 12.1 Å². The molecular weight excluding hydrogens is 230 g/mol. The third kappa shape index (κ3) is 4.75. The van der Waals surface area contributed by atoms with Crippen molar-refractivity contribution in [1.29, 1.82) is 0 Å². The fourth-order valence-corrected chi connectivity index (χ4v) is 1.44. The van der Waals surface area contributed by atoms with Crippen LogP contribution in [0, 0.1) is 0 Å². The van der Waals surface area contributed by atoms with Crippen LogP contribution in [0.3, 0.4) is 0 Å². The van der Waals surface area contributed by atoms with Gasteiger partial charge in [-0.3, -0.25) is 0 Å². The summed E-state index contributed by atoms with van der Waals surface area (Å²) >= 11 is 0. The molecule has 0 unspecified atom stereocenters. The van der Waals surface area contributed by atoms with Crippen LogP contribution in [0.1, 0.15) is 32.8 Å². The molecule has 1 amide bonds. The maximum atomic E-state index is 11.4. The molecule has 0 aliphatic carbocycles. The molecule has 0 saturated carbocycles. The summed E-state index contributed by atoms with van der Waals surface area (Å²) in [5.74, 6) is 0.518. The monoisotopic (exact) mass is 251 g/mol. The number of ether oxygens (including phenoxy) is 1. The van der Waals surface area contributed by atoms with Gasteiger partial charge in [0.25, 0.3) is 0 Å². The Hall–Kier alpha value is -1.55. The van der Waals surface area contributed by atoms with E-state index in [0.29, 0.717) is 18.7 Å². The van der Waals surface area contributed by atoms with Crippen molar-refractivity contribution in [2.24, 2.45) is 0 Å². The van der Waals surface area contributed by atoms with Crippen LogP contribution in [0.25, 0.3) is 0 Å². The van der Waals surface area contributed by atoms with Crippen LogP contribution in [0.5, 0.6) is 5.75 Å². The van der Waals surface area contributed by atoms with Crippen LogP contribution in [0.15, 0.2) is 24.3 Å². The van der Waals surface area contributed by atoms with Crippen molar-refractivity contribution in [3.63, 3.8) is 0 Å². The number of carbonyl (C=O) groups excluding carboxylic acids is 1. The largest absolute Gasteiger partial charge is 0.412 e. The number of aliphatic hydroxyl groups excluding tert-OH is 1. The van der Waals surface area contributed by atoms with Gasteiger partial charge in [-0.25, -0.2) is 4.79 Å². The summed E-state index contributed by atoms with van der Waals surface area (Å²) in [5, 5.41) is 11.1. The van der Waals surface area contributed by atoms with Gasteiger partial charge >= 0.3 is 6.09 Å². The average Bonchev–Trinajstić information content (AvgIpc) is 2.29. The number of aliphatic hydroxyl groups is 1. The number of rotatable bonds is 4. The predicted molar refractivity (Wildman–Crippen MR) is 70.9 cm³/mol. The second kappa shape index (κ2) is 6.40. The molecule has 4 heteroatoms. The van der Waals surface area contributed by atoms with Crippen molar-refractivity contribution in [1.82, 2.24) is 5.32 Å². The third-order valence-corrected chi connectivity index (χ3v) is 2.54. The SMILES string of the molecule is CC(C)(C)c1ccc(OC(=O)NCCCO)cc1. The van der Waals surface area contributed by atoms with Gasteiger partial charge in [-0.05, 0) is 29.5 Å². The number of carbonyl (C=O) groups is 1. The summed E-state index contributed by atoms with van der Waals surface area (Å²) in [5.41, 5.74) is 1.28. The van der Waals surface area contributed by atoms with Gasteiger partial charge in [-0.2, -0.15) is 0 Å². The van der Waals surface area contributed by atoms with Crippen molar-refractivity contribution in [3.8, 4) is 5.75 Å². The molecule has 0 atom stereocenters. The summed E-state index contributed by atoms with van der Waals surface area (Å²) in [6, 6.07) is 7.48. The number of hydrogen-bond acceptors (Lipinski definition) is 3. The lowest BCUT2D eigenvalue weighted by atomic mass is 9.87. The summed E-state index contributed by atoms with van der Waals surface area (Å²) in [6.07, 6.45) is 0.0323. The van der Waals surface area contributed by atoms with Gasteiger partial charge in [0.05, 0.1) is 0 Å². The minimum Gasteiger partial charge on any atom is -0.410 e. The highest BCUT2D eigenvalue weighted by Gasteiger charge is 2.13. The molecule has 2 N–H and O–H groups in total. The van der Waals surface area contributed by atoms with Gasteiger partial charge in [0.1, 0.15) is 5.75 Å². The zero-order valence-corrected chi connectivity index (χ0v) is 11.2. The maximum Gasteiger partial charge on any atom is 0.412 e. The standard InChI is InChI=1S/C14H21NO3/c1-14(2,3)11-5-7-12(8-6-11)18-13(17)15-9-4-10-16/h5-8,16H,4,9-10H2,1-3H3,(H,15,17). The fourth-order valence-electron chi connectivity index (χ4n) is 1.44. The Morgan fingerprint density at radius 3 is 2.39 bits per heavy atom. The van der Waals surface area contributed by atoms with Gasteiger partial charge in [0.2, 0.25) is 0 Å². The normalized spacial score (nSPS) is 11.1. The first-order valence-corrected chi connectivity index (χ1v) is 6.10. The molecule has 1 aromatic rings. The van der Waals surface area contributed by atoms with Crippen LogP contribution in [0.4, 0.5) is 4.79 Å². The van der Waals surface area contributed by atoms with E-state index in [-0.39, 0.29) is 12.0 Å². The van der Waals surface area contributed by atoms with Crippen LogP contribution >= 0.6 is 0 Å². The van der Waals surface area contributed by atoms with Crippen LogP contribution in [-0.2, 0) is 5.41 Å². The topological polar surface area (TPSA) is 58.6 Å². The van der Waals surface area contributed by atoms with E-state index >= 15 is 0 Å². The molecule has 0 aliphatic rings. The van der Waals surface area contributed by atoms with E-state index in [9.17, 15) is 4.79 Å². The summed E-state index contributed by atoms with van der Waals surface area (Å²) in [7, 11) is 0. The Bertz CT molecular complexity index is 379. The Balaban J connectivity index is 2.51. The smallest absolute Gasteiger partial charge is 0.410 e. The molecule has 4 nitrogen and oxygen atoms in total. The van der Waals surface area contributed by atoms with Crippen molar-refractivity contribution in [2.75, 3.05) is 13.2 Å². The molecule has 1 aromatic carbocycles. The number of hydrogen-bond donors (Lipinski definition) is 2. The lowest BCUT2D eigenvalue weighted by molar-refractivity contribution is 0.199. The minimum atomic E-state index is -0.494. The fraction of sp³-hybridized carbons (Fsp3) is 0.500. The number of benzene rings is 1. The van der Waals surface area contributed by atoms with E-state index in [2.05, 4.69) is 26.1 Å². The molecule has 0 fully saturated rings. The zero-order valence-electron chi connectivity index (χ0n) is 11.2. The highest BCUT2D eigenvalue weighted by atomic mass is 16.6. The van der Waals surface area contributed by atoms with Crippen LogP contribution in [0.2, 0.25) is 0 Å². The van der Waals surface area contributed by atoms with Gasteiger partial charge in [0, 0.05) is 13.2 Å². The van der Waals surface area contributed by atoms with Gasteiger partial charge < -0.3 is 15.2 Å². The third-order valence-electron chi connectivity index (χ3n) is 2.54. The number of nitrogens with one attached hydrogen (secondary N) is 1. The van der Waals surface area contributed by atoms with E-state index < -0.39 is 6.09 Å².